The molecule has 3 nitrogen and oxygen atoms in total. The minimum atomic E-state index is 0.741. The fraction of sp³-hybridized carbons (Fsp3) is 0.0625. The van der Waals surface area contributed by atoms with Crippen molar-refractivity contribution < 1.29 is 0 Å². The normalized spacial score (nSPS) is 10.6. The quantitative estimate of drug-likeness (QED) is 0.681. The van der Waals surface area contributed by atoms with E-state index in [1.807, 2.05) is 30.5 Å². The van der Waals surface area contributed by atoms with Crippen molar-refractivity contribution >= 4 is 5.69 Å². The lowest BCUT2D eigenvalue weighted by Gasteiger charge is -2.00. The maximum atomic E-state index is 5.79. The Morgan fingerprint density at radius 2 is 1.79 bits per heavy atom. The number of benzene rings is 2. The fourth-order valence-corrected chi connectivity index (χ4v) is 2.03. The predicted molar refractivity (Wildman–Crippen MR) is 78.6 cm³/mol. The van der Waals surface area contributed by atoms with Crippen LogP contribution in [-0.2, 0) is 0 Å². The van der Waals surface area contributed by atoms with E-state index < -0.39 is 0 Å². The second-order valence-electron chi connectivity index (χ2n) is 4.64. The molecule has 94 valence electrons. The number of hydrogen-bond acceptors (Lipinski definition) is 2. The molecule has 3 rings (SSSR count). The van der Waals surface area contributed by atoms with Gasteiger partial charge in [-0.05, 0) is 24.6 Å². The van der Waals surface area contributed by atoms with E-state index >= 15 is 0 Å². The Balaban J connectivity index is 1.97. The molecule has 1 aromatic heterocycles. The Morgan fingerprint density at radius 3 is 2.53 bits per heavy atom. The zero-order valence-electron chi connectivity index (χ0n) is 10.7. The van der Waals surface area contributed by atoms with Crippen LogP contribution in [0.1, 0.15) is 5.56 Å². The third-order valence-corrected chi connectivity index (χ3v) is 3.10. The van der Waals surface area contributed by atoms with Crippen molar-refractivity contribution in [3.05, 3.63) is 60.3 Å². The van der Waals surface area contributed by atoms with Crippen LogP contribution < -0.4 is 5.73 Å². The minimum absolute atomic E-state index is 0.741. The second kappa shape index (κ2) is 4.61. The van der Waals surface area contributed by atoms with Gasteiger partial charge < -0.3 is 10.7 Å². The maximum Gasteiger partial charge on any atom is 0.137 e. The van der Waals surface area contributed by atoms with E-state index in [0.29, 0.717) is 0 Å². The summed E-state index contributed by atoms with van der Waals surface area (Å²) in [6.07, 6.45) is 1.85. The number of aromatic amines is 1. The largest absolute Gasteiger partial charge is 0.399 e. The zero-order chi connectivity index (χ0) is 13.2. The van der Waals surface area contributed by atoms with Crippen LogP contribution in [0, 0.1) is 6.92 Å². The number of imidazole rings is 1. The summed E-state index contributed by atoms with van der Waals surface area (Å²) >= 11 is 0. The van der Waals surface area contributed by atoms with Gasteiger partial charge in [-0.3, -0.25) is 0 Å². The van der Waals surface area contributed by atoms with Crippen LogP contribution in [0.15, 0.2) is 54.7 Å². The molecule has 0 spiro atoms. The number of nitrogen functional groups attached to an aromatic ring is 1. The Kier molecular flexibility index (Phi) is 2.80. The van der Waals surface area contributed by atoms with E-state index in [2.05, 4.69) is 41.2 Å². The van der Waals surface area contributed by atoms with E-state index in [-0.39, 0.29) is 0 Å². The van der Waals surface area contributed by atoms with Crippen molar-refractivity contribution in [2.24, 2.45) is 0 Å². The van der Waals surface area contributed by atoms with Crippen LogP contribution in [0.4, 0.5) is 5.69 Å². The number of nitrogens with two attached hydrogens (primary N) is 1. The summed E-state index contributed by atoms with van der Waals surface area (Å²) in [5, 5.41) is 0. The van der Waals surface area contributed by atoms with Gasteiger partial charge in [-0.2, -0.15) is 0 Å². The zero-order valence-corrected chi connectivity index (χ0v) is 10.7. The third kappa shape index (κ3) is 2.36. The molecular weight excluding hydrogens is 234 g/mol. The highest BCUT2D eigenvalue weighted by molar-refractivity contribution is 5.66. The molecule has 0 fully saturated rings. The molecule has 3 heteroatoms. The number of aryl methyl sites for hydroxylation is 1. The topological polar surface area (TPSA) is 54.7 Å². The van der Waals surface area contributed by atoms with Crippen molar-refractivity contribution in [3.63, 3.8) is 0 Å². The van der Waals surface area contributed by atoms with Gasteiger partial charge in [-0.1, -0.05) is 42.0 Å². The summed E-state index contributed by atoms with van der Waals surface area (Å²) in [7, 11) is 0. The fourth-order valence-electron chi connectivity index (χ4n) is 2.03. The highest BCUT2D eigenvalue weighted by atomic mass is 14.9. The summed E-state index contributed by atoms with van der Waals surface area (Å²) in [5.41, 5.74) is 10.9. The highest BCUT2D eigenvalue weighted by Gasteiger charge is 2.05. The molecule has 0 aliphatic heterocycles. The van der Waals surface area contributed by atoms with Crippen LogP contribution in [0.2, 0.25) is 0 Å². The Hall–Kier alpha value is -2.55. The van der Waals surface area contributed by atoms with Gasteiger partial charge in [-0.25, -0.2) is 4.98 Å². The molecule has 0 atom stereocenters. The molecule has 0 bridgehead atoms. The van der Waals surface area contributed by atoms with E-state index in [9.17, 15) is 0 Å². The third-order valence-electron chi connectivity index (χ3n) is 3.10. The number of hydrogen-bond donors (Lipinski definition) is 2. The van der Waals surface area contributed by atoms with Gasteiger partial charge in [0, 0.05) is 11.3 Å². The van der Waals surface area contributed by atoms with Gasteiger partial charge in [0.05, 0.1) is 11.9 Å². The molecule has 0 saturated heterocycles. The van der Waals surface area contributed by atoms with E-state index in [1.54, 1.807) is 0 Å². The molecule has 0 radical (unpaired) electrons. The average molecular weight is 249 g/mol. The van der Waals surface area contributed by atoms with E-state index in [4.69, 9.17) is 5.73 Å². The Bertz CT molecular complexity index is 696. The molecule has 2 aromatic carbocycles. The monoisotopic (exact) mass is 249 g/mol. The van der Waals surface area contributed by atoms with Gasteiger partial charge in [0.15, 0.2) is 0 Å². The predicted octanol–water partition coefficient (Wildman–Crippen LogP) is 3.63. The number of H-pyrrole nitrogens is 1. The van der Waals surface area contributed by atoms with Gasteiger partial charge in [0.25, 0.3) is 0 Å². The summed E-state index contributed by atoms with van der Waals surface area (Å²) < 4.78 is 0. The van der Waals surface area contributed by atoms with Crippen molar-refractivity contribution in [3.8, 4) is 22.6 Å². The van der Waals surface area contributed by atoms with Crippen LogP contribution in [0.25, 0.3) is 22.6 Å². The molecule has 1 heterocycles. The Labute approximate surface area is 112 Å². The molecule has 0 aliphatic rings. The lowest BCUT2D eigenvalue weighted by Crippen LogP contribution is -1.86. The molecule has 3 aromatic rings. The van der Waals surface area contributed by atoms with Crippen molar-refractivity contribution in [2.75, 3.05) is 5.73 Å². The van der Waals surface area contributed by atoms with E-state index in [0.717, 1.165) is 28.3 Å². The smallest absolute Gasteiger partial charge is 0.137 e. The van der Waals surface area contributed by atoms with Crippen molar-refractivity contribution in [1.82, 2.24) is 9.97 Å². The summed E-state index contributed by atoms with van der Waals surface area (Å²) in [6, 6.07) is 16.1. The first kappa shape index (κ1) is 11.5. The summed E-state index contributed by atoms with van der Waals surface area (Å²) in [5.74, 6) is 0.836. The molecule has 0 aliphatic carbocycles. The van der Waals surface area contributed by atoms with Gasteiger partial charge >= 0.3 is 0 Å². The van der Waals surface area contributed by atoms with Crippen LogP contribution in [-0.4, -0.2) is 9.97 Å². The number of rotatable bonds is 2. The SMILES string of the molecule is Cc1ccc(-c2cnc(-c3cccc(N)c3)[nH]2)cc1. The average Bonchev–Trinajstić information content (AvgIpc) is 2.89. The van der Waals surface area contributed by atoms with Gasteiger partial charge in [0.1, 0.15) is 5.82 Å². The standard InChI is InChI=1S/C16H15N3/c1-11-5-7-12(8-6-11)15-10-18-16(19-15)13-3-2-4-14(17)9-13/h2-10H,17H2,1H3,(H,18,19). The molecule has 0 saturated carbocycles. The highest BCUT2D eigenvalue weighted by Crippen LogP contribution is 2.23. The lowest BCUT2D eigenvalue weighted by molar-refractivity contribution is 1.31. The minimum Gasteiger partial charge on any atom is -0.399 e. The van der Waals surface area contributed by atoms with E-state index in [1.165, 1.54) is 5.56 Å². The second-order valence-corrected chi connectivity index (χ2v) is 4.64. The Morgan fingerprint density at radius 1 is 1.00 bits per heavy atom. The first-order chi connectivity index (χ1) is 9.22. The first-order valence-corrected chi connectivity index (χ1v) is 6.20. The lowest BCUT2D eigenvalue weighted by atomic mass is 10.1. The van der Waals surface area contributed by atoms with Gasteiger partial charge in [-0.15, -0.1) is 0 Å². The summed E-state index contributed by atoms with van der Waals surface area (Å²) in [6.45, 7) is 2.08. The van der Waals surface area contributed by atoms with Crippen molar-refractivity contribution in [2.45, 2.75) is 6.92 Å². The van der Waals surface area contributed by atoms with Crippen molar-refractivity contribution in [1.29, 1.82) is 0 Å². The van der Waals surface area contributed by atoms with Crippen LogP contribution in [0.3, 0.4) is 0 Å². The number of nitrogens with zero attached hydrogens (tertiary/aromatic N) is 1. The molecule has 0 amide bonds. The molecule has 19 heavy (non-hydrogen) atoms. The van der Waals surface area contributed by atoms with Crippen LogP contribution in [0.5, 0.6) is 0 Å². The number of aromatic nitrogens is 2. The maximum absolute atomic E-state index is 5.79. The molecular formula is C16H15N3. The summed E-state index contributed by atoms with van der Waals surface area (Å²) in [4.78, 5) is 7.74. The molecule has 3 N–H and O–H groups in total. The first-order valence-electron chi connectivity index (χ1n) is 6.20. The number of nitrogens with one attached hydrogen (secondary N) is 1. The van der Waals surface area contributed by atoms with Gasteiger partial charge in [0.2, 0.25) is 0 Å². The van der Waals surface area contributed by atoms with Crippen LogP contribution >= 0.6 is 0 Å². The molecule has 0 unspecified atom stereocenters. The number of anilines is 1.